The molecule has 17 heavy (non-hydrogen) atoms. The van der Waals surface area contributed by atoms with Gasteiger partial charge in [-0.1, -0.05) is 20.8 Å². The van der Waals surface area contributed by atoms with Crippen LogP contribution in [0, 0.1) is 0 Å². The Morgan fingerprint density at radius 1 is 0.941 bits per heavy atom. The molecule has 0 saturated carbocycles. The summed E-state index contributed by atoms with van der Waals surface area (Å²) < 4.78 is 66.3. The van der Waals surface area contributed by atoms with Crippen molar-refractivity contribution >= 4 is 0 Å². The van der Waals surface area contributed by atoms with E-state index in [1.807, 2.05) is 0 Å². The zero-order valence-corrected chi connectivity index (χ0v) is 9.86. The van der Waals surface area contributed by atoms with E-state index in [9.17, 15) is 26.3 Å². The first-order valence-electron chi connectivity index (χ1n) is 5.02. The van der Waals surface area contributed by atoms with Crippen molar-refractivity contribution < 1.29 is 31.4 Å². The first-order chi connectivity index (χ1) is 7.54. The largest absolute Gasteiger partial charge is 0.454 e. The Labute approximate surface area is 96.2 Å². The van der Waals surface area contributed by atoms with E-state index in [4.69, 9.17) is 5.11 Å². The van der Waals surface area contributed by atoms with Crippen molar-refractivity contribution in [2.45, 2.75) is 39.2 Å². The van der Waals surface area contributed by atoms with Crippen LogP contribution < -0.4 is 0 Å². The summed E-state index contributed by atoms with van der Waals surface area (Å²) in [6, 6.07) is 0. The van der Waals surface area contributed by atoms with Gasteiger partial charge >= 0.3 is 18.5 Å². The van der Waals surface area contributed by atoms with Crippen molar-refractivity contribution in [2.75, 3.05) is 19.6 Å². The van der Waals surface area contributed by atoms with Gasteiger partial charge in [-0.15, -0.1) is 0 Å². The molecule has 1 atom stereocenters. The van der Waals surface area contributed by atoms with Crippen LogP contribution in [0.4, 0.5) is 26.3 Å². The summed E-state index contributed by atoms with van der Waals surface area (Å²) in [7, 11) is 0. The Morgan fingerprint density at radius 2 is 1.24 bits per heavy atom. The van der Waals surface area contributed by atoms with Crippen molar-refractivity contribution in [2.24, 2.45) is 0 Å². The Kier molecular flexibility index (Phi) is 8.60. The normalized spacial score (nSPS) is 15.5. The van der Waals surface area contributed by atoms with Gasteiger partial charge in [-0.25, -0.2) is 8.78 Å². The molecule has 0 bridgehead atoms. The van der Waals surface area contributed by atoms with Crippen LogP contribution in [0.15, 0.2) is 0 Å². The highest BCUT2D eigenvalue weighted by Crippen LogP contribution is 2.36. The maximum absolute atomic E-state index is 11.4. The van der Waals surface area contributed by atoms with Crippen LogP contribution in [0.3, 0.4) is 0 Å². The number of alkyl halides is 6. The average Bonchev–Trinajstić information content (AvgIpc) is 2.19. The smallest absolute Gasteiger partial charge is 0.350 e. The third-order valence-corrected chi connectivity index (χ3v) is 2.03. The van der Waals surface area contributed by atoms with Gasteiger partial charge in [0.1, 0.15) is 0 Å². The standard InChI is InChI=1S/C6H15N.C3H2F6O/c1-4-7(5-2)6-3;4-1(5)2(6,10)3(7,8)9/h4-6H2,1-3H3;1,10H. The van der Waals surface area contributed by atoms with E-state index < -0.39 is 18.5 Å². The van der Waals surface area contributed by atoms with Gasteiger partial charge in [0.25, 0.3) is 0 Å². The minimum absolute atomic E-state index is 1.19. The van der Waals surface area contributed by atoms with Crippen LogP contribution in [0.25, 0.3) is 0 Å². The molecule has 0 aliphatic heterocycles. The fraction of sp³-hybridized carbons (Fsp3) is 1.00. The van der Waals surface area contributed by atoms with E-state index in [0.29, 0.717) is 0 Å². The highest BCUT2D eigenvalue weighted by molar-refractivity contribution is 4.76. The van der Waals surface area contributed by atoms with E-state index in [2.05, 4.69) is 25.7 Å². The lowest BCUT2D eigenvalue weighted by Gasteiger charge is -2.20. The van der Waals surface area contributed by atoms with Crippen molar-refractivity contribution in [3.8, 4) is 0 Å². The number of aliphatic hydroxyl groups is 1. The first-order valence-corrected chi connectivity index (χ1v) is 5.02. The summed E-state index contributed by atoms with van der Waals surface area (Å²) in [5.74, 6) is -5.40. The second-order valence-electron chi connectivity index (χ2n) is 3.09. The molecular formula is C9H17F6NO. The van der Waals surface area contributed by atoms with Gasteiger partial charge in [0, 0.05) is 0 Å². The molecular weight excluding hydrogens is 252 g/mol. The lowest BCUT2D eigenvalue weighted by atomic mass is 10.3. The Bertz CT molecular complexity index is 185. The van der Waals surface area contributed by atoms with Crippen LogP contribution >= 0.6 is 0 Å². The second-order valence-corrected chi connectivity index (χ2v) is 3.09. The topological polar surface area (TPSA) is 23.5 Å². The molecule has 0 heterocycles. The maximum atomic E-state index is 11.4. The SMILES string of the molecule is CCN(CC)CC.OC(F)(C(F)F)C(F)(F)F. The summed E-state index contributed by atoms with van der Waals surface area (Å²) >= 11 is 0. The van der Waals surface area contributed by atoms with Crippen LogP contribution in [0.2, 0.25) is 0 Å². The molecule has 0 aromatic heterocycles. The highest BCUT2D eigenvalue weighted by atomic mass is 19.4. The van der Waals surface area contributed by atoms with Crippen molar-refractivity contribution in [3.63, 3.8) is 0 Å². The molecule has 1 unspecified atom stereocenters. The molecule has 0 amide bonds. The van der Waals surface area contributed by atoms with E-state index in [-0.39, 0.29) is 0 Å². The minimum atomic E-state index is -5.94. The molecule has 0 aliphatic carbocycles. The molecule has 8 heteroatoms. The van der Waals surface area contributed by atoms with Crippen LogP contribution in [-0.4, -0.2) is 48.1 Å². The summed E-state index contributed by atoms with van der Waals surface area (Å²) in [4.78, 5) is 2.38. The molecule has 0 saturated heterocycles. The molecule has 0 fully saturated rings. The molecule has 1 N–H and O–H groups in total. The Morgan fingerprint density at radius 3 is 1.24 bits per heavy atom. The third-order valence-electron chi connectivity index (χ3n) is 2.03. The van der Waals surface area contributed by atoms with Crippen molar-refractivity contribution in [1.29, 1.82) is 0 Å². The fourth-order valence-electron chi connectivity index (χ4n) is 0.795. The molecule has 0 radical (unpaired) electrons. The van der Waals surface area contributed by atoms with Gasteiger partial charge < -0.3 is 10.0 Å². The van der Waals surface area contributed by atoms with Gasteiger partial charge in [0.15, 0.2) is 0 Å². The summed E-state index contributed by atoms with van der Waals surface area (Å²) in [5.41, 5.74) is 0. The predicted molar refractivity (Wildman–Crippen MR) is 51.6 cm³/mol. The van der Waals surface area contributed by atoms with Gasteiger partial charge in [-0.05, 0) is 19.6 Å². The number of hydrogen-bond donors (Lipinski definition) is 1. The summed E-state index contributed by atoms with van der Waals surface area (Å²) in [6.45, 7) is 10.1. The van der Waals surface area contributed by atoms with Gasteiger partial charge in [-0.3, -0.25) is 0 Å². The fourth-order valence-corrected chi connectivity index (χ4v) is 0.795. The number of rotatable bonds is 4. The van der Waals surface area contributed by atoms with Crippen LogP contribution in [0.1, 0.15) is 20.8 Å². The molecule has 106 valence electrons. The predicted octanol–water partition coefficient (Wildman–Crippen LogP) is 2.82. The quantitative estimate of drug-likeness (QED) is 0.793. The zero-order valence-electron chi connectivity index (χ0n) is 9.86. The molecule has 0 spiro atoms. The molecule has 0 rings (SSSR count). The summed E-state index contributed by atoms with van der Waals surface area (Å²) in [6.07, 6.45) is -10.4. The van der Waals surface area contributed by atoms with Gasteiger partial charge in [0.05, 0.1) is 0 Å². The maximum Gasteiger partial charge on any atom is 0.454 e. The lowest BCUT2D eigenvalue weighted by Crippen LogP contribution is -2.47. The average molecular weight is 269 g/mol. The van der Waals surface area contributed by atoms with Gasteiger partial charge in [-0.2, -0.15) is 17.6 Å². The Balaban J connectivity index is 0. The number of halogens is 6. The minimum Gasteiger partial charge on any atom is -0.350 e. The van der Waals surface area contributed by atoms with E-state index in [0.717, 1.165) is 0 Å². The van der Waals surface area contributed by atoms with Crippen LogP contribution in [0.5, 0.6) is 0 Å². The Hall–Kier alpha value is -0.500. The molecule has 0 aliphatic rings. The molecule has 0 aromatic rings. The molecule has 2 nitrogen and oxygen atoms in total. The number of nitrogens with zero attached hydrogens (tertiary/aromatic N) is 1. The van der Waals surface area contributed by atoms with Crippen LogP contribution in [-0.2, 0) is 0 Å². The monoisotopic (exact) mass is 269 g/mol. The number of hydrogen-bond acceptors (Lipinski definition) is 2. The van der Waals surface area contributed by atoms with E-state index >= 15 is 0 Å². The second kappa shape index (κ2) is 7.75. The lowest BCUT2D eigenvalue weighted by molar-refractivity contribution is -0.352. The zero-order chi connectivity index (χ0) is 14.3. The van der Waals surface area contributed by atoms with Gasteiger partial charge in [0.2, 0.25) is 0 Å². The summed E-state index contributed by atoms with van der Waals surface area (Å²) in [5, 5.41) is 7.39. The van der Waals surface area contributed by atoms with Crippen molar-refractivity contribution in [3.05, 3.63) is 0 Å². The van der Waals surface area contributed by atoms with E-state index in [1.165, 1.54) is 19.6 Å². The first kappa shape index (κ1) is 18.9. The highest BCUT2D eigenvalue weighted by Gasteiger charge is 2.62. The third kappa shape index (κ3) is 6.72. The van der Waals surface area contributed by atoms with E-state index in [1.54, 1.807) is 0 Å². The molecule has 0 aromatic carbocycles. The van der Waals surface area contributed by atoms with Crippen molar-refractivity contribution in [1.82, 2.24) is 4.90 Å².